The summed E-state index contributed by atoms with van der Waals surface area (Å²) in [7, 11) is 0. The minimum atomic E-state index is -0.384. The van der Waals surface area contributed by atoms with Gasteiger partial charge in [0.05, 0.1) is 6.10 Å². The van der Waals surface area contributed by atoms with Gasteiger partial charge in [-0.2, -0.15) is 0 Å². The molecule has 0 bridgehead atoms. The van der Waals surface area contributed by atoms with Crippen molar-refractivity contribution in [3.63, 3.8) is 0 Å². The first-order valence-corrected chi connectivity index (χ1v) is 6.69. The molecule has 0 aliphatic heterocycles. The van der Waals surface area contributed by atoms with Crippen LogP contribution in [0.1, 0.15) is 30.3 Å². The van der Waals surface area contributed by atoms with Gasteiger partial charge >= 0.3 is 0 Å². The van der Waals surface area contributed by atoms with Crippen molar-refractivity contribution >= 4 is 5.91 Å². The van der Waals surface area contributed by atoms with Crippen molar-refractivity contribution < 1.29 is 14.4 Å². The van der Waals surface area contributed by atoms with E-state index in [4.69, 9.17) is 4.52 Å². The second kappa shape index (κ2) is 6.86. The topological polar surface area (TPSA) is 75.4 Å². The molecule has 0 aliphatic carbocycles. The molecule has 1 aromatic carbocycles. The Morgan fingerprint density at radius 3 is 2.85 bits per heavy atom. The zero-order chi connectivity index (χ0) is 14.4. The SMILES string of the molecule is CCC(O)CCNC(=O)c1cc(-c2ccccc2)no1. The lowest BCUT2D eigenvalue weighted by atomic mass is 10.1. The summed E-state index contributed by atoms with van der Waals surface area (Å²) >= 11 is 0. The average molecular weight is 274 g/mol. The average Bonchev–Trinajstić information content (AvgIpc) is 2.97. The van der Waals surface area contributed by atoms with Crippen LogP contribution in [-0.2, 0) is 0 Å². The van der Waals surface area contributed by atoms with Crippen molar-refractivity contribution in [1.29, 1.82) is 0 Å². The van der Waals surface area contributed by atoms with Crippen LogP contribution in [0.15, 0.2) is 40.9 Å². The van der Waals surface area contributed by atoms with Gasteiger partial charge in [-0.1, -0.05) is 42.4 Å². The molecule has 0 aliphatic rings. The number of carbonyl (C=O) groups is 1. The van der Waals surface area contributed by atoms with Crippen LogP contribution in [0.2, 0.25) is 0 Å². The number of carbonyl (C=O) groups excluding carboxylic acids is 1. The minimum absolute atomic E-state index is 0.176. The Bertz CT molecular complexity index is 551. The molecule has 2 aromatic rings. The van der Waals surface area contributed by atoms with E-state index in [0.29, 0.717) is 25.1 Å². The third-order valence-electron chi connectivity index (χ3n) is 3.04. The van der Waals surface area contributed by atoms with Gasteiger partial charge < -0.3 is 14.9 Å². The molecule has 1 unspecified atom stereocenters. The lowest BCUT2D eigenvalue weighted by Gasteiger charge is -2.07. The van der Waals surface area contributed by atoms with Gasteiger partial charge in [0.1, 0.15) is 5.69 Å². The van der Waals surface area contributed by atoms with Crippen molar-refractivity contribution in [1.82, 2.24) is 10.5 Å². The molecule has 1 atom stereocenters. The zero-order valence-electron chi connectivity index (χ0n) is 11.4. The summed E-state index contributed by atoms with van der Waals surface area (Å²) in [4.78, 5) is 11.8. The maximum atomic E-state index is 11.8. The molecular weight excluding hydrogens is 256 g/mol. The van der Waals surface area contributed by atoms with Crippen molar-refractivity contribution in [3.05, 3.63) is 42.2 Å². The highest BCUT2D eigenvalue weighted by Crippen LogP contribution is 2.18. The van der Waals surface area contributed by atoms with E-state index < -0.39 is 0 Å². The molecule has 1 amide bonds. The Morgan fingerprint density at radius 2 is 2.15 bits per heavy atom. The van der Waals surface area contributed by atoms with Crippen LogP contribution in [0.3, 0.4) is 0 Å². The number of nitrogens with zero attached hydrogens (tertiary/aromatic N) is 1. The number of hydrogen-bond acceptors (Lipinski definition) is 4. The lowest BCUT2D eigenvalue weighted by Crippen LogP contribution is -2.26. The highest BCUT2D eigenvalue weighted by Gasteiger charge is 2.13. The number of nitrogens with one attached hydrogen (secondary N) is 1. The standard InChI is InChI=1S/C15H18N2O3/c1-2-12(18)8-9-16-15(19)14-10-13(17-20-14)11-6-4-3-5-7-11/h3-7,10,12,18H,2,8-9H2,1H3,(H,16,19). The number of aliphatic hydroxyl groups excluding tert-OH is 1. The van der Waals surface area contributed by atoms with Crippen LogP contribution in [0.5, 0.6) is 0 Å². The summed E-state index contributed by atoms with van der Waals surface area (Å²) in [5.74, 6) is -0.141. The van der Waals surface area contributed by atoms with Crippen molar-refractivity contribution in [2.45, 2.75) is 25.9 Å². The first-order valence-electron chi connectivity index (χ1n) is 6.69. The molecule has 1 heterocycles. The number of aromatic nitrogens is 1. The molecule has 2 rings (SSSR count). The Labute approximate surface area is 117 Å². The van der Waals surface area contributed by atoms with Crippen LogP contribution in [0.25, 0.3) is 11.3 Å². The predicted octanol–water partition coefficient (Wildman–Crippen LogP) is 2.23. The minimum Gasteiger partial charge on any atom is -0.393 e. The molecule has 5 heteroatoms. The molecule has 5 nitrogen and oxygen atoms in total. The number of aliphatic hydroxyl groups is 1. The molecule has 20 heavy (non-hydrogen) atoms. The molecule has 1 aromatic heterocycles. The second-order valence-corrected chi connectivity index (χ2v) is 4.55. The Hall–Kier alpha value is -2.14. The summed E-state index contributed by atoms with van der Waals surface area (Å²) in [5.41, 5.74) is 1.53. The lowest BCUT2D eigenvalue weighted by molar-refractivity contribution is 0.0905. The molecule has 0 saturated heterocycles. The van der Waals surface area contributed by atoms with E-state index in [-0.39, 0.29) is 17.8 Å². The molecule has 0 spiro atoms. The fraction of sp³-hybridized carbons (Fsp3) is 0.333. The first kappa shape index (κ1) is 14.3. The maximum Gasteiger partial charge on any atom is 0.289 e. The van der Waals surface area contributed by atoms with E-state index in [1.165, 1.54) is 0 Å². The summed E-state index contributed by atoms with van der Waals surface area (Å²) in [6, 6.07) is 11.1. The molecule has 0 radical (unpaired) electrons. The van der Waals surface area contributed by atoms with Gasteiger partial charge in [-0.25, -0.2) is 0 Å². The van der Waals surface area contributed by atoms with Gasteiger partial charge in [-0.3, -0.25) is 4.79 Å². The Balaban J connectivity index is 1.93. The number of amides is 1. The Morgan fingerprint density at radius 1 is 1.40 bits per heavy atom. The highest BCUT2D eigenvalue weighted by atomic mass is 16.5. The fourth-order valence-corrected chi connectivity index (χ4v) is 1.77. The summed E-state index contributed by atoms with van der Waals surface area (Å²) < 4.78 is 5.04. The Kier molecular flexibility index (Phi) is 4.90. The van der Waals surface area contributed by atoms with Crippen LogP contribution in [-0.4, -0.2) is 28.8 Å². The van der Waals surface area contributed by atoms with Crippen LogP contribution >= 0.6 is 0 Å². The van der Waals surface area contributed by atoms with Gasteiger partial charge in [0.25, 0.3) is 5.91 Å². The summed E-state index contributed by atoms with van der Waals surface area (Å²) in [6.45, 7) is 2.31. The number of hydrogen-bond donors (Lipinski definition) is 2. The van der Waals surface area contributed by atoms with Crippen molar-refractivity contribution in [2.24, 2.45) is 0 Å². The van der Waals surface area contributed by atoms with E-state index >= 15 is 0 Å². The molecule has 2 N–H and O–H groups in total. The van der Waals surface area contributed by atoms with Gasteiger partial charge in [0, 0.05) is 18.2 Å². The van der Waals surface area contributed by atoms with Crippen LogP contribution in [0.4, 0.5) is 0 Å². The van der Waals surface area contributed by atoms with Gasteiger partial charge in [-0.15, -0.1) is 0 Å². The number of rotatable bonds is 6. The van der Waals surface area contributed by atoms with E-state index in [9.17, 15) is 9.90 Å². The quantitative estimate of drug-likeness (QED) is 0.847. The largest absolute Gasteiger partial charge is 0.393 e. The van der Waals surface area contributed by atoms with Gasteiger partial charge in [0.2, 0.25) is 5.76 Å². The third-order valence-corrected chi connectivity index (χ3v) is 3.04. The van der Waals surface area contributed by atoms with Crippen molar-refractivity contribution in [2.75, 3.05) is 6.54 Å². The van der Waals surface area contributed by atoms with E-state index in [0.717, 1.165) is 5.56 Å². The van der Waals surface area contributed by atoms with Crippen LogP contribution in [0, 0.1) is 0 Å². The van der Waals surface area contributed by atoms with Gasteiger partial charge in [-0.05, 0) is 12.8 Å². The van der Waals surface area contributed by atoms with E-state index in [1.807, 2.05) is 37.3 Å². The van der Waals surface area contributed by atoms with E-state index in [1.54, 1.807) is 6.07 Å². The fourth-order valence-electron chi connectivity index (χ4n) is 1.77. The van der Waals surface area contributed by atoms with Crippen LogP contribution < -0.4 is 5.32 Å². The predicted molar refractivity (Wildman–Crippen MR) is 75.2 cm³/mol. The molecular formula is C15H18N2O3. The summed E-state index contributed by atoms with van der Waals surface area (Å²) in [6.07, 6.45) is 0.822. The molecule has 0 saturated carbocycles. The molecule has 0 fully saturated rings. The second-order valence-electron chi connectivity index (χ2n) is 4.55. The summed E-state index contributed by atoms with van der Waals surface area (Å²) in [5, 5.41) is 16.0. The number of benzene rings is 1. The normalized spacial score (nSPS) is 12.1. The van der Waals surface area contributed by atoms with Crippen molar-refractivity contribution in [3.8, 4) is 11.3 Å². The van der Waals surface area contributed by atoms with E-state index in [2.05, 4.69) is 10.5 Å². The monoisotopic (exact) mass is 274 g/mol. The maximum absolute atomic E-state index is 11.8. The zero-order valence-corrected chi connectivity index (χ0v) is 11.4. The highest BCUT2D eigenvalue weighted by molar-refractivity contribution is 5.92. The van der Waals surface area contributed by atoms with Gasteiger partial charge in [0.15, 0.2) is 0 Å². The third kappa shape index (κ3) is 3.68. The first-order chi connectivity index (χ1) is 9.70. The molecule has 106 valence electrons. The smallest absolute Gasteiger partial charge is 0.289 e.